The monoisotopic (exact) mass is 553 g/mol. The van der Waals surface area contributed by atoms with E-state index in [-0.39, 0.29) is 25.2 Å². The minimum absolute atomic E-state index is 0.147. The Labute approximate surface area is 230 Å². The van der Waals surface area contributed by atoms with Crippen molar-refractivity contribution in [1.29, 1.82) is 0 Å². The van der Waals surface area contributed by atoms with Crippen molar-refractivity contribution in [3.05, 3.63) is 86.8 Å². The Morgan fingerprint density at radius 3 is 2.45 bits per heavy atom. The number of ether oxygens (including phenoxy) is 2. The first-order valence-electron chi connectivity index (χ1n) is 12.5. The molecular weight excluding hydrogens is 526 g/mol. The van der Waals surface area contributed by atoms with Gasteiger partial charge in [0.25, 0.3) is 0 Å². The van der Waals surface area contributed by atoms with Gasteiger partial charge in [-0.25, -0.2) is 4.79 Å². The molecule has 1 amide bonds. The van der Waals surface area contributed by atoms with Crippen LogP contribution in [0.15, 0.2) is 54.6 Å². The predicted molar refractivity (Wildman–Crippen MR) is 146 cm³/mol. The summed E-state index contributed by atoms with van der Waals surface area (Å²) in [6, 6.07) is 16.5. The van der Waals surface area contributed by atoms with Gasteiger partial charge in [0.2, 0.25) is 5.91 Å². The maximum atomic E-state index is 12.8. The average Bonchev–Trinajstić information content (AvgIpc) is 3.28. The van der Waals surface area contributed by atoms with Gasteiger partial charge in [0.15, 0.2) is 12.4 Å². The molecule has 3 aromatic rings. The van der Waals surface area contributed by atoms with Crippen molar-refractivity contribution in [1.82, 2.24) is 0 Å². The van der Waals surface area contributed by atoms with Gasteiger partial charge < -0.3 is 14.8 Å². The van der Waals surface area contributed by atoms with Crippen LogP contribution in [0, 0.1) is 0 Å². The number of carbonyl (C=O) groups excluding carboxylic acids is 4. The molecule has 1 aliphatic rings. The van der Waals surface area contributed by atoms with Gasteiger partial charge in [-0.3, -0.25) is 14.4 Å². The Morgan fingerprint density at radius 1 is 1.00 bits per heavy atom. The van der Waals surface area contributed by atoms with Crippen molar-refractivity contribution in [2.24, 2.45) is 0 Å². The maximum absolute atomic E-state index is 12.8. The van der Waals surface area contributed by atoms with E-state index < -0.39 is 24.5 Å². The fourth-order valence-electron chi connectivity index (χ4n) is 4.44. The number of amides is 1. The van der Waals surface area contributed by atoms with Gasteiger partial charge in [-0.15, -0.1) is 11.3 Å². The number of carbonyl (C=O) groups is 4. The van der Waals surface area contributed by atoms with Crippen LogP contribution < -0.4 is 5.32 Å². The number of ketones is 1. The smallest absolute Gasteiger partial charge is 0.341 e. The molecule has 0 spiro atoms. The van der Waals surface area contributed by atoms with E-state index in [9.17, 15) is 19.2 Å². The zero-order chi connectivity index (χ0) is 27.1. The summed E-state index contributed by atoms with van der Waals surface area (Å²) in [7, 11) is 0. The molecule has 1 heterocycles. The fraction of sp³-hybridized carbons (Fsp3) is 0.310. The van der Waals surface area contributed by atoms with Gasteiger partial charge in [0.1, 0.15) is 5.00 Å². The number of Topliss-reactive ketones (excluding diaryl/α,β-unsaturated/α-hetero) is 1. The summed E-state index contributed by atoms with van der Waals surface area (Å²) < 4.78 is 10.3. The molecule has 38 heavy (non-hydrogen) atoms. The summed E-state index contributed by atoms with van der Waals surface area (Å²) in [5.41, 5.74) is 2.96. The number of nitrogens with one attached hydrogen (secondary N) is 1. The summed E-state index contributed by atoms with van der Waals surface area (Å²) in [5.74, 6) is -1.57. The van der Waals surface area contributed by atoms with E-state index in [2.05, 4.69) is 17.4 Å². The molecule has 2 aromatic carbocycles. The normalized spacial score (nSPS) is 14.3. The van der Waals surface area contributed by atoms with Crippen LogP contribution in [-0.2, 0) is 31.9 Å². The first-order chi connectivity index (χ1) is 18.4. The number of benzene rings is 2. The Balaban J connectivity index is 1.36. The van der Waals surface area contributed by atoms with Crippen LogP contribution in [0.25, 0.3) is 0 Å². The number of hydrogen-bond acceptors (Lipinski definition) is 7. The SMILES string of the molecule is CCOC(=O)c1c(NC(=O)CCC(=O)OCC(=O)c2ccc(Cl)cc2)sc2c1CCC(c1ccccc1)C2. The van der Waals surface area contributed by atoms with E-state index >= 15 is 0 Å². The Hall–Kier alpha value is -3.49. The van der Waals surface area contributed by atoms with Crippen molar-refractivity contribution < 1.29 is 28.7 Å². The summed E-state index contributed by atoms with van der Waals surface area (Å²) in [6.45, 7) is 1.54. The lowest BCUT2D eigenvalue weighted by Gasteiger charge is -2.23. The number of esters is 2. The number of thiophene rings is 1. The zero-order valence-electron chi connectivity index (χ0n) is 21.0. The van der Waals surface area contributed by atoms with Crippen LogP contribution in [0.5, 0.6) is 0 Å². The first kappa shape index (κ1) is 27.5. The number of anilines is 1. The highest BCUT2D eigenvalue weighted by Crippen LogP contribution is 2.42. The minimum Gasteiger partial charge on any atom is -0.462 e. The Morgan fingerprint density at radius 2 is 1.74 bits per heavy atom. The second kappa shape index (κ2) is 12.8. The van der Waals surface area contributed by atoms with Gasteiger partial charge in [-0.2, -0.15) is 0 Å². The number of hydrogen-bond donors (Lipinski definition) is 1. The number of fused-ring (bicyclic) bond motifs is 1. The molecule has 1 atom stereocenters. The van der Waals surface area contributed by atoms with Gasteiger partial charge >= 0.3 is 11.9 Å². The van der Waals surface area contributed by atoms with Crippen LogP contribution in [0.3, 0.4) is 0 Å². The van der Waals surface area contributed by atoms with Crippen molar-refractivity contribution in [2.45, 2.75) is 44.9 Å². The highest BCUT2D eigenvalue weighted by Gasteiger charge is 2.31. The van der Waals surface area contributed by atoms with Gasteiger partial charge in [-0.1, -0.05) is 41.9 Å². The standard InChI is InChI=1S/C29H28ClNO6S/c1-2-36-29(35)27-22-13-10-20(18-6-4-3-5-7-18)16-24(22)38-28(27)31-25(33)14-15-26(34)37-17-23(32)19-8-11-21(30)12-9-19/h3-9,11-12,20H,2,10,13-17H2,1H3,(H,31,33). The molecule has 7 nitrogen and oxygen atoms in total. The Bertz CT molecular complexity index is 1320. The third-order valence-electron chi connectivity index (χ3n) is 6.36. The van der Waals surface area contributed by atoms with Crippen LogP contribution in [-0.4, -0.2) is 36.8 Å². The third kappa shape index (κ3) is 6.88. The molecule has 0 radical (unpaired) electrons. The molecule has 1 unspecified atom stereocenters. The molecule has 1 aromatic heterocycles. The lowest BCUT2D eigenvalue weighted by atomic mass is 9.83. The van der Waals surface area contributed by atoms with E-state index in [1.54, 1.807) is 31.2 Å². The molecule has 0 saturated heterocycles. The Kier molecular flexibility index (Phi) is 9.31. The van der Waals surface area contributed by atoms with Crippen molar-refractivity contribution >= 4 is 51.6 Å². The second-order valence-corrected chi connectivity index (χ2v) is 10.5. The van der Waals surface area contributed by atoms with E-state index in [1.807, 2.05) is 18.2 Å². The minimum atomic E-state index is -0.663. The molecule has 0 bridgehead atoms. The average molecular weight is 554 g/mol. The van der Waals surface area contributed by atoms with E-state index in [0.29, 0.717) is 33.5 Å². The lowest BCUT2D eigenvalue weighted by Crippen LogP contribution is -2.19. The van der Waals surface area contributed by atoms with Crippen LogP contribution in [0.4, 0.5) is 5.00 Å². The maximum Gasteiger partial charge on any atom is 0.341 e. The highest BCUT2D eigenvalue weighted by atomic mass is 35.5. The van der Waals surface area contributed by atoms with Gasteiger partial charge in [0.05, 0.1) is 18.6 Å². The summed E-state index contributed by atoms with van der Waals surface area (Å²) in [6.07, 6.45) is 2.04. The van der Waals surface area contributed by atoms with Crippen LogP contribution in [0.1, 0.15) is 68.8 Å². The summed E-state index contributed by atoms with van der Waals surface area (Å²) in [5, 5.41) is 3.75. The molecule has 1 aliphatic carbocycles. The zero-order valence-corrected chi connectivity index (χ0v) is 22.5. The van der Waals surface area contributed by atoms with Gasteiger partial charge in [0, 0.05) is 21.9 Å². The molecule has 1 N–H and O–H groups in total. The first-order valence-corrected chi connectivity index (χ1v) is 13.7. The second-order valence-electron chi connectivity index (χ2n) is 8.92. The lowest BCUT2D eigenvalue weighted by molar-refractivity contribution is -0.143. The predicted octanol–water partition coefficient (Wildman–Crippen LogP) is 6.00. The molecule has 0 fully saturated rings. The summed E-state index contributed by atoms with van der Waals surface area (Å²) in [4.78, 5) is 50.9. The molecule has 0 aliphatic heterocycles. The molecule has 198 valence electrons. The van der Waals surface area contributed by atoms with E-state index in [0.717, 1.165) is 23.3 Å². The van der Waals surface area contributed by atoms with Crippen LogP contribution in [0.2, 0.25) is 5.02 Å². The number of rotatable bonds is 10. The van der Waals surface area contributed by atoms with Crippen molar-refractivity contribution in [2.75, 3.05) is 18.5 Å². The largest absolute Gasteiger partial charge is 0.462 e. The van der Waals surface area contributed by atoms with E-state index in [1.165, 1.54) is 16.9 Å². The summed E-state index contributed by atoms with van der Waals surface area (Å²) >= 11 is 7.20. The topological polar surface area (TPSA) is 98.8 Å². The molecule has 4 rings (SSSR count). The fourth-order valence-corrected chi connectivity index (χ4v) is 5.90. The quantitative estimate of drug-likeness (QED) is 0.244. The third-order valence-corrected chi connectivity index (χ3v) is 7.78. The van der Waals surface area contributed by atoms with Crippen molar-refractivity contribution in [3.63, 3.8) is 0 Å². The van der Waals surface area contributed by atoms with Crippen molar-refractivity contribution in [3.8, 4) is 0 Å². The van der Waals surface area contributed by atoms with E-state index in [4.69, 9.17) is 21.1 Å². The number of halogens is 1. The highest BCUT2D eigenvalue weighted by molar-refractivity contribution is 7.17. The van der Waals surface area contributed by atoms with Gasteiger partial charge in [-0.05, 0) is 67.5 Å². The molecule has 9 heteroatoms. The molecule has 0 saturated carbocycles. The van der Waals surface area contributed by atoms with Crippen LogP contribution >= 0.6 is 22.9 Å². The molecular formula is C29H28ClNO6S.